The van der Waals surface area contributed by atoms with Crippen molar-refractivity contribution in [3.63, 3.8) is 0 Å². The fraction of sp³-hybridized carbons (Fsp3) is 0.242. The van der Waals surface area contributed by atoms with E-state index >= 15 is 0 Å². The van der Waals surface area contributed by atoms with Crippen LogP contribution in [0, 0.1) is 18.8 Å². The Morgan fingerprint density at radius 2 is 1.60 bits per heavy atom. The normalized spacial score (nSPS) is 18.3. The molecule has 4 aromatic rings. The van der Waals surface area contributed by atoms with Gasteiger partial charge in [-0.15, -0.1) is 0 Å². The van der Waals surface area contributed by atoms with Crippen LogP contribution < -0.4 is 4.90 Å². The SMILES string of the molecule is Cc1c(Cl)ccc2c(C(=O)OCC(=O)c3ccc(Br)cc3)cc(-c3ccc(N4C(=O)C5CCCCC5C4=O)cc3)nc12. The van der Waals surface area contributed by atoms with Crippen LogP contribution in [0.25, 0.3) is 22.2 Å². The van der Waals surface area contributed by atoms with Gasteiger partial charge in [-0.05, 0) is 61.7 Å². The Morgan fingerprint density at radius 1 is 0.952 bits per heavy atom. The number of carbonyl (C=O) groups excluding carboxylic acids is 4. The number of aromatic nitrogens is 1. The van der Waals surface area contributed by atoms with E-state index in [1.807, 2.05) is 6.92 Å². The van der Waals surface area contributed by atoms with Crippen LogP contribution in [0.1, 0.15) is 52.0 Å². The van der Waals surface area contributed by atoms with E-state index in [0.717, 1.165) is 30.2 Å². The largest absolute Gasteiger partial charge is 0.454 e. The van der Waals surface area contributed by atoms with E-state index < -0.39 is 12.6 Å². The van der Waals surface area contributed by atoms with Gasteiger partial charge in [-0.3, -0.25) is 19.3 Å². The molecule has 1 aromatic heterocycles. The molecule has 6 rings (SSSR count). The van der Waals surface area contributed by atoms with E-state index in [-0.39, 0.29) is 35.0 Å². The third-order valence-corrected chi connectivity index (χ3v) is 9.09. The van der Waals surface area contributed by atoms with Crippen LogP contribution >= 0.6 is 27.5 Å². The summed E-state index contributed by atoms with van der Waals surface area (Å²) in [4.78, 5) is 58.2. The standard InChI is InChI=1S/C33H26BrClN2O5/c1-18-27(35)15-14-23-26(33(41)42-17-29(38)20-6-10-21(34)11-7-20)16-28(36-30(18)23)19-8-12-22(13-9-19)37-31(39)24-4-2-3-5-25(24)32(37)40/h6-16,24-25H,2-5,17H2,1H3. The molecule has 42 heavy (non-hydrogen) atoms. The number of nitrogens with zero attached hydrogens (tertiary/aromatic N) is 2. The van der Waals surface area contributed by atoms with Crippen LogP contribution in [0.5, 0.6) is 0 Å². The van der Waals surface area contributed by atoms with Gasteiger partial charge in [0.25, 0.3) is 0 Å². The molecule has 1 aliphatic heterocycles. The number of amides is 2. The number of Topliss-reactive ketones (excluding diaryl/α,β-unsaturated/α-hetero) is 1. The maximum atomic E-state index is 13.3. The number of rotatable bonds is 6. The van der Waals surface area contributed by atoms with Crippen LogP contribution in [-0.2, 0) is 14.3 Å². The number of hydrogen-bond donors (Lipinski definition) is 0. The zero-order valence-electron chi connectivity index (χ0n) is 22.7. The highest BCUT2D eigenvalue weighted by molar-refractivity contribution is 9.10. The van der Waals surface area contributed by atoms with Crippen molar-refractivity contribution in [3.8, 4) is 11.3 Å². The van der Waals surface area contributed by atoms with Gasteiger partial charge in [0.05, 0.1) is 34.3 Å². The lowest BCUT2D eigenvalue weighted by molar-refractivity contribution is -0.122. The number of hydrogen-bond acceptors (Lipinski definition) is 6. The molecule has 2 heterocycles. The molecule has 1 saturated carbocycles. The van der Waals surface area contributed by atoms with Crippen molar-refractivity contribution < 1.29 is 23.9 Å². The summed E-state index contributed by atoms with van der Waals surface area (Å²) < 4.78 is 6.30. The van der Waals surface area contributed by atoms with Gasteiger partial charge in [0, 0.05) is 26.0 Å². The van der Waals surface area contributed by atoms with Crippen molar-refractivity contribution in [2.24, 2.45) is 11.8 Å². The minimum absolute atomic E-state index is 0.130. The fourth-order valence-corrected chi connectivity index (χ4v) is 6.26. The summed E-state index contributed by atoms with van der Waals surface area (Å²) in [5, 5.41) is 1.05. The lowest BCUT2D eigenvalue weighted by atomic mass is 9.81. The second kappa shape index (κ2) is 11.4. The second-order valence-corrected chi connectivity index (χ2v) is 12.0. The molecule has 2 atom stereocenters. The Balaban J connectivity index is 1.31. The van der Waals surface area contributed by atoms with E-state index in [4.69, 9.17) is 21.3 Å². The summed E-state index contributed by atoms with van der Waals surface area (Å²) in [6.07, 6.45) is 3.43. The highest BCUT2D eigenvalue weighted by Gasteiger charge is 2.48. The van der Waals surface area contributed by atoms with Crippen molar-refractivity contribution in [1.29, 1.82) is 0 Å². The Morgan fingerprint density at radius 3 is 2.24 bits per heavy atom. The number of halogens is 2. The monoisotopic (exact) mass is 644 g/mol. The predicted molar refractivity (Wildman–Crippen MR) is 164 cm³/mol. The maximum Gasteiger partial charge on any atom is 0.339 e. The van der Waals surface area contributed by atoms with Gasteiger partial charge in [-0.2, -0.15) is 0 Å². The molecule has 3 aromatic carbocycles. The summed E-state index contributed by atoms with van der Waals surface area (Å²) in [5.74, 6) is -1.71. The molecular weight excluding hydrogens is 620 g/mol. The van der Waals surface area contributed by atoms with Crippen LogP contribution in [-0.4, -0.2) is 35.2 Å². The average molecular weight is 646 g/mol. The number of esters is 1. The number of ketones is 1. The highest BCUT2D eigenvalue weighted by atomic mass is 79.9. The first-order valence-electron chi connectivity index (χ1n) is 13.8. The average Bonchev–Trinajstić information content (AvgIpc) is 3.27. The second-order valence-electron chi connectivity index (χ2n) is 10.7. The Kier molecular flexibility index (Phi) is 7.68. The molecule has 212 valence electrons. The topological polar surface area (TPSA) is 93.6 Å². The van der Waals surface area contributed by atoms with Crippen molar-refractivity contribution in [3.05, 3.63) is 92.9 Å². The van der Waals surface area contributed by atoms with Crippen molar-refractivity contribution >= 4 is 67.7 Å². The van der Waals surface area contributed by atoms with Crippen molar-refractivity contribution in [2.75, 3.05) is 11.5 Å². The van der Waals surface area contributed by atoms with E-state index in [1.54, 1.807) is 66.7 Å². The van der Waals surface area contributed by atoms with E-state index in [0.29, 0.717) is 44.0 Å². The summed E-state index contributed by atoms with van der Waals surface area (Å²) in [6.45, 7) is 1.40. The molecule has 0 N–H and O–H groups in total. The molecule has 1 saturated heterocycles. The molecule has 0 bridgehead atoms. The Labute approximate surface area is 256 Å². The smallest absolute Gasteiger partial charge is 0.339 e. The lowest BCUT2D eigenvalue weighted by Crippen LogP contribution is -2.30. The number of ether oxygens (including phenoxy) is 1. The van der Waals surface area contributed by atoms with Crippen molar-refractivity contribution in [2.45, 2.75) is 32.6 Å². The van der Waals surface area contributed by atoms with Gasteiger partial charge in [0.2, 0.25) is 11.8 Å². The van der Waals surface area contributed by atoms with Gasteiger partial charge in [0.1, 0.15) is 0 Å². The number of pyridine rings is 1. The molecule has 2 fully saturated rings. The van der Waals surface area contributed by atoms with Gasteiger partial charge < -0.3 is 4.74 Å². The summed E-state index contributed by atoms with van der Waals surface area (Å²) in [5.41, 5.74) is 3.59. The van der Waals surface area contributed by atoms with Gasteiger partial charge in [-0.25, -0.2) is 9.78 Å². The third-order valence-electron chi connectivity index (χ3n) is 8.15. The van der Waals surface area contributed by atoms with E-state index in [1.165, 1.54) is 4.90 Å². The molecule has 9 heteroatoms. The highest BCUT2D eigenvalue weighted by Crippen LogP contribution is 2.40. The zero-order valence-corrected chi connectivity index (χ0v) is 25.1. The number of carbonyl (C=O) groups is 4. The molecule has 0 spiro atoms. The molecule has 2 amide bonds. The number of anilines is 1. The molecule has 2 aliphatic rings. The van der Waals surface area contributed by atoms with Gasteiger partial charge in [0.15, 0.2) is 12.4 Å². The van der Waals surface area contributed by atoms with Crippen LogP contribution in [0.4, 0.5) is 5.69 Å². The Hall–Kier alpha value is -3.88. The summed E-state index contributed by atoms with van der Waals surface area (Å²) in [7, 11) is 0. The first-order chi connectivity index (χ1) is 20.2. The van der Waals surface area contributed by atoms with Gasteiger partial charge >= 0.3 is 5.97 Å². The first-order valence-corrected chi connectivity index (χ1v) is 14.9. The van der Waals surface area contributed by atoms with E-state index in [2.05, 4.69) is 15.9 Å². The quantitative estimate of drug-likeness (QED) is 0.124. The van der Waals surface area contributed by atoms with Crippen LogP contribution in [0.3, 0.4) is 0 Å². The minimum atomic E-state index is -0.664. The maximum absolute atomic E-state index is 13.3. The minimum Gasteiger partial charge on any atom is -0.454 e. The fourth-order valence-electron chi connectivity index (χ4n) is 5.85. The third kappa shape index (κ3) is 5.14. The molecular formula is C33H26BrClN2O5. The number of fused-ring (bicyclic) bond motifs is 2. The predicted octanol–water partition coefficient (Wildman–Crippen LogP) is 7.35. The van der Waals surface area contributed by atoms with Crippen LogP contribution in [0.2, 0.25) is 5.02 Å². The lowest BCUT2D eigenvalue weighted by Gasteiger charge is -2.19. The molecule has 7 nitrogen and oxygen atoms in total. The molecule has 1 aliphatic carbocycles. The number of imide groups is 1. The summed E-state index contributed by atoms with van der Waals surface area (Å²) in [6, 6.07) is 18.9. The van der Waals surface area contributed by atoms with E-state index in [9.17, 15) is 19.2 Å². The first kappa shape index (κ1) is 28.2. The van der Waals surface area contributed by atoms with Gasteiger partial charge in [-0.1, -0.05) is 70.7 Å². The summed E-state index contributed by atoms with van der Waals surface area (Å²) >= 11 is 9.74. The molecule has 0 radical (unpaired) electrons. The number of benzene rings is 3. The number of aryl methyl sites for hydroxylation is 1. The Bertz CT molecular complexity index is 1730. The van der Waals surface area contributed by atoms with Crippen molar-refractivity contribution in [1.82, 2.24) is 4.98 Å². The van der Waals surface area contributed by atoms with Crippen LogP contribution in [0.15, 0.2) is 71.2 Å². The zero-order chi connectivity index (χ0) is 29.5. The molecule has 2 unspecified atom stereocenters.